The molecule has 0 saturated carbocycles. The van der Waals surface area contributed by atoms with Crippen LogP contribution >= 0.6 is 7.26 Å². The highest BCUT2D eigenvalue weighted by Gasteiger charge is 2.44. The zero-order chi connectivity index (χ0) is 20.2. The van der Waals surface area contributed by atoms with E-state index in [1.807, 2.05) is 0 Å². The minimum absolute atomic E-state index is 0. The lowest BCUT2D eigenvalue weighted by atomic mass is 10.1. The zero-order valence-corrected chi connectivity index (χ0v) is 20.8. The molecule has 0 saturated heterocycles. The molecule has 0 bridgehead atoms. The van der Waals surface area contributed by atoms with Crippen molar-refractivity contribution in [2.45, 2.75) is 58.3 Å². The summed E-state index contributed by atoms with van der Waals surface area (Å²) in [6, 6.07) is 33.9. The molecular formula is C28H36BrP. The van der Waals surface area contributed by atoms with Gasteiger partial charge in [-0.05, 0) is 49.2 Å². The highest BCUT2D eigenvalue weighted by atomic mass is 79.9. The minimum atomic E-state index is -1.62. The number of unbranched alkanes of at least 4 members (excludes halogenated alkanes) is 7. The average Bonchev–Trinajstić information content (AvgIpc) is 2.80. The maximum atomic E-state index is 2.36. The van der Waals surface area contributed by atoms with Crippen molar-refractivity contribution >= 4 is 23.2 Å². The van der Waals surface area contributed by atoms with Gasteiger partial charge < -0.3 is 17.0 Å². The van der Waals surface area contributed by atoms with Gasteiger partial charge in [-0.25, -0.2) is 0 Å². The van der Waals surface area contributed by atoms with Crippen LogP contribution in [0.4, 0.5) is 0 Å². The summed E-state index contributed by atoms with van der Waals surface area (Å²) in [4.78, 5) is 0. The van der Waals surface area contributed by atoms with Crippen LogP contribution in [-0.2, 0) is 0 Å². The molecule has 0 aliphatic rings. The smallest absolute Gasteiger partial charge is 0.112 e. The van der Waals surface area contributed by atoms with Gasteiger partial charge in [0.1, 0.15) is 23.2 Å². The monoisotopic (exact) mass is 482 g/mol. The first kappa shape index (κ1) is 24.8. The molecular weight excluding hydrogens is 447 g/mol. The van der Waals surface area contributed by atoms with Crippen LogP contribution in [-0.4, -0.2) is 6.16 Å². The number of hydrogen-bond donors (Lipinski definition) is 0. The van der Waals surface area contributed by atoms with Crippen molar-refractivity contribution in [3.63, 3.8) is 0 Å². The van der Waals surface area contributed by atoms with Gasteiger partial charge in [-0.3, -0.25) is 0 Å². The first-order valence-corrected chi connectivity index (χ1v) is 13.4. The van der Waals surface area contributed by atoms with Gasteiger partial charge in [0.2, 0.25) is 0 Å². The van der Waals surface area contributed by atoms with Crippen molar-refractivity contribution in [2.75, 3.05) is 6.16 Å². The fourth-order valence-corrected chi connectivity index (χ4v) is 8.78. The third-order valence-electron chi connectivity index (χ3n) is 5.94. The summed E-state index contributed by atoms with van der Waals surface area (Å²) in [7, 11) is -1.62. The minimum Gasteiger partial charge on any atom is -1.00 e. The third kappa shape index (κ3) is 6.53. The molecule has 0 aromatic heterocycles. The van der Waals surface area contributed by atoms with E-state index in [0.717, 1.165) is 0 Å². The summed E-state index contributed by atoms with van der Waals surface area (Å²) < 4.78 is 0. The molecule has 0 spiro atoms. The lowest BCUT2D eigenvalue weighted by Gasteiger charge is -2.27. The van der Waals surface area contributed by atoms with Crippen LogP contribution in [0, 0.1) is 0 Å². The molecule has 0 atom stereocenters. The van der Waals surface area contributed by atoms with Gasteiger partial charge in [-0.2, -0.15) is 0 Å². The van der Waals surface area contributed by atoms with E-state index >= 15 is 0 Å². The van der Waals surface area contributed by atoms with Gasteiger partial charge in [-0.15, -0.1) is 0 Å². The molecule has 3 aromatic carbocycles. The fraction of sp³-hybridized carbons (Fsp3) is 0.357. The Morgan fingerprint density at radius 1 is 0.467 bits per heavy atom. The third-order valence-corrected chi connectivity index (χ3v) is 10.5. The van der Waals surface area contributed by atoms with E-state index in [9.17, 15) is 0 Å². The first-order valence-electron chi connectivity index (χ1n) is 11.4. The SMILES string of the molecule is CCCCCCCCCC[P+](c1ccccc1)(c1ccccc1)c1ccccc1.[Br-]. The summed E-state index contributed by atoms with van der Waals surface area (Å²) >= 11 is 0. The number of benzene rings is 3. The van der Waals surface area contributed by atoms with Crippen molar-refractivity contribution in [1.82, 2.24) is 0 Å². The Kier molecular flexibility index (Phi) is 11.4. The number of halogens is 1. The first-order chi connectivity index (χ1) is 14.4. The molecule has 30 heavy (non-hydrogen) atoms. The summed E-state index contributed by atoms with van der Waals surface area (Å²) in [5, 5.41) is 4.54. The van der Waals surface area contributed by atoms with Gasteiger partial charge in [0.05, 0.1) is 6.16 Å². The molecule has 2 heteroatoms. The molecule has 3 aromatic rings. The topological polar surface area (TPSA) is 0 Å². The number of hydrogen-bond acceptors (Lipinski definition) is 0. The van der Waals surface area contributed by atoms with Crippen LogP contribution in [0.2, 0.25) is 0 Å². The maximum Gasteiger partial charge on any atom is 0.112 e. The van der Waals surface area contributed by atoms with E-state index < -0.39 is 7.26 Å². The predicted molar refractivity (Wildman–Crippen MR) is 133 cm³/mol. The van der Waals surface area contributed by atoms with E-state index in [-0.39, 0.29) is 17.0 Å². The molecule has 0 heterocycles. The Balaban J connectivity index is 0.00000320. The van der Waals surface area contributed by atoms with E-state index in [4.69, 9.17) is 0 Å². The Hall–Kier alpha value is -1.43. The van der Waals surface area contributed by atoms with E-state index in [1.54, 1.807) is 0 Å². The summed E-state index contributed by atoms with van der Waals surface area (Å²) in [5.41, 5.74) is 0. The molecule has 0 radical (unpaired) electrons. The normalized spacial score (nSPS) is 11.1. The van der Waals surface area contributed by atoms with Crippen LogP contribution in [0.15, 0.2) is 91.0 Å². The van der Waals surface area contributed by atoms with E-state index in [0.29, 0.717) is 0 Å². The van der Waals surface area contributed by atoms with Gasteiger partial charge in [0.15, 0.2) is 0 Å². The highest BCUT2D eigenvalue weighted by Crippen LogP contribution is 2.55. The van der Waals surface area contributed by atoms with E-state index in [2.05, 4.69) is 97.9 Å². The highest BCUT2D eigenvalue weighted by molar-refractivity contribution is 7.95. The molecule has 0 amide bonds. The number of rotatable bonds is 12. The maximum absolute atomic E-state index is 2.36. The van der Waals surface area contributed by atoms with Crippen molar-refractivity contribution < 1.29 is 17.0 Å². The molecule has 0 unspecified atom stereocenters. The van der Waals surface area contributed by atoms with E-state index in [1.165, 1.54) is 73.4 Å². The molecule has 0 aliphatic heterocycles. The average molecular weight is 483 g/mol. The molecule has 0 N–H and O–H groups in total. The van der Waals surface area contributed by atoms with Crippen LogP contribution in [0.1, 0.15) is 58.3 Å². The summed E-state index contributed by atoms with van der Waals surface area (Å²) in [6.07, 6.45) is 12.2. The fourth-order valence-electron chi connectivity index (χ4n) is 4.36. The predicted octanol–water partition coefficient (Wildman–Crippen LogP) is 4.13. The van der Waals surface area contributed by atoms with Gasteiger partial charge >= 0.3 is 0 Å². The van der Waals surface area contributed by atoms with Gasteiger partial charge in [0.25, 0.3) is 0 Å². The van der Waals surface area contributed by atoms with Crippen molar-refractivity contribution in [3.8, 4) is 0 Å². The largest absolute Gasteiger partial charge is 1.00 e. The Bertz CT molecular complexity index is 705. The molecule has 0 aliphatic carbocycles. The Labute approximate surface area is 195 Å². The summed E-state index contributed by atoms with van der Waals surface area (Å²) in [6.45, 7) is 2.29. The molecule has 160 valence electrons. The molecule has 0 fully saturated rings. The summed E-state index contributed by atoms with van der Waals surface area (Å²) in [5.74, 6) is 0. The Morgan fingerprint density at radius 3 is 1.17 bits per heavy atom. The van der Waals surface area contributed by atoms with Crippen molar-refractivity contribution in [1.29, 1.82) is 0 Å². The van der Waals surface area contributed by atoms with Crippen LogP contribution < -0.4 is 32.9 Å². The van der Waals surface area contributed by atoms with Gasteiger partial charge in [0, 0.05) is 0 Å². The lowest BCUT2D eigenvalue weighted by Crippen LogP contribution is -3.00. The standard InChI is InChI=1S/C28H36P.BrH/c1-2-3-4-5-6-7-8-18-25-29(26-19-12-9-13-20-26,27-21-14-10-15-22-27)28-23-16-11-17-24-28;/h9-17,19-24H,2-8,18,25H2,1H3;1H/q+1;/p-1. The van der Waals surface area contributed by atoms with Gasteiger partial charge in [-0.1, -0.05) is 100 Å². The second kappa shape index (κ2) is 13.8. The van der Waals surface area contributed by atoms with Crippen molar-refractivity contribution in [3.05, 3.63) is 91.0 Å². The zero-order valence-electron chi connectivity index (χ0n) is 18.3. The quantitative estimate of drug-likeness (QED) is 0.269. The Morgan fingerprint density at radius 2 is 0.800 bits per heavy atom. The van der Waals surface area contributed by atoms with Crippen LogP contribution in [0.5, 0.6) is 0 Å². The van der Waals surface area contributed by atoms with Crippen LogP contribution in [0.3, 0.4) is 0 Å². The van der Waals surface area contributed by atoms with Crippen molar-refractivity contribution in [2.24, 2.45) is 0 Å². The molecule has 0 nitrogen and oxygen atoms in total. The second-order valence-electron chi connectivity index (χ2n) is 8.01. The molecule has 3 rings (SSSR count). The van der Waals surface area contributed by atoms with Crippen LogP contribution in [0.25, 0.3) is 0 Å². The lowest BCUT2D eigenvalue weighted by molar-refractivity contribution is -0.00000587. The second-order valence-corrected chi connectivity index (χ2v) is 11.6.